The molecule has 1 saturated carbocycles. The number of carbonyl (C=O) groups is 2. The minimum atomic E-state index is -0.306. The standard InChI is InChI=1S/C14H22N2O4/c17-12(10-3-1-7-19-10)15-9-14(5-6-14)16-13(18)11-4-2-8-20-11/h10-11H,1-9H2,(H,15,17)(H,16,18)/t10-,11-/m1/s1. The number of ether oxygens (including phenoxy) is 2. The van der Waals surface area contributed by atoms with Crippen LogP contribution >= 0.6 is 0 Å². The van der Waals surface area contributed by atoms with E-state index in [1.54, 1.807) is 0 Å². The van der Waals surface area contributed by atoms with Gasteiger partial charge < -0.3 is 20.1 Å². The van der Waals surface area contributed by atoms with Gasteiger partial charge in [-0.1, -0.05) is 0 Å². The number of hydrogen-bond donors (Lipinski definition) is 2. The number of amides is 2. The Balaban J connectivity index is 1.44. The van der Waals surface area contributed by atoms with E-state index in [4.69, 9.17) is 9.47 Å². The maximum absolute atomic E-state index is 12.0. The van der Waals surface area contributed by atoms with Gasteiger partial charge in [-0.15, -0.1) is 0 Å². The molecule has 1 aliphatic carbocycles. The summed E-state index contributed by atoms with van der Waals surface area (Å²) in [5.74, 6) is -0.0912. The molecule has 3 aliphatic rings. The zero-order valence-corrected chi connectivity index (χ0v) is 11.7. The van der Waals surface area contributed by atoms with Crippen molar-refractivity contribution in [3.8, 4) is 0 Å². The Morgan fingerprint density at radius 2 is 1.60 bits per heavy atom. The molecule has 0 aromatic rings. The Kier molecular flexibility index (Phi) is 3.94. The molecular weight excluding hydrogens is 260 g/mol. The van der Waals surface area contributed by atoms with Gasteiger partial charge in [-0.25, -0.2) is 0 Å². The van der Waals surface area contributed by atoms with E-state index >= 15 is 0 Å². The number of carbonyl (C=O) groups excluding carboxylic acids is 2. The largest absolute Gasteiger partial charge is 0.368 e. The highest BCUT2D eigenvalue weighted by atomic mass is 16.5. The van der Waals surface area contributed by atoms with Crippen molar-refractivity contribution >= 4 is 11.8 Å². The molecule has 0 aromatic heterocycles. The van der Waals surface area contributed by atoms with Crippen molar-refractivity contribution in [1.82, 2.24) is 10.6 Å². The van der Waals surface area contributed by atoms with Gasteiger partial charge in [-0.3, -0.25) is 9.59 Å². The highest BCUT2D eigenvalue weighted by Gasteiger charge is 2.45. The summed E-state index contributed by atoms with van der Waals surface area (Å²) in [4.78, 5) is 23.9. The fraction of sp³-hybridized carbons (Fsp3) is 0.857. The summed E-state index contributed by atoms with van der Waals surface area (Å²) in [5.41, 5.74) is -0.253. The van der Waals surface area contributed by atoms with Crippen molar-refractivity contribution in [3.05, 3.63) is 0 Å². The highest BCUT2D eigenvalue weighted by molar-refractivity contribution is 5.83. The van der Waals surface area contributed by atoms with Crippen molar-refractivity contribution in [1.29, 1.82) is 0 Å². The first-order valence-corrected chi connectivity index (χ1v) is 7.52. The fourth-order valence-corrected chi connectivity index (χ4v) is 2.78. The van der Waals surface area contributed by atoms with Gasteiger partial charge in [0.2, 0.25) is 11.8 Å². The summed E-state index contributed by atoms with van der Waals surface area (Å²) in [6.07, 6.45) is 4.70. The lowest BCUT2D eigenvalue weighted by Crippen LogP contribution is -2.50. The smallest absolute Gasteiger partial charge is 0.249 e. The molecule has 2 aliphatic heterocycles. The molecule has 2 N–H and O–H groups in total. The normalized spacial score (nSPS) is 31.0. The molecule has 2 amide bonds. The predicted octanol–water partition coefficient (Wildman–Crippen LogP) is 0.109. The Morgan fingerprint density at radius 3 is 2.10 bits per heavy atom. The summed E-state index contributed by atoms with van der Waals surface area (Å²) in [5, 5.41) is 5.94. The van der Waals surface area contributed by atoms with Crippen molar-refractivity contribution in [2.45, 2.75) is 56.3 Å². The average Bonchev–Trinajstić information content (AvgIpc) is 2.96. The molecule has 2 saturated heterocycles. The quantitative estimate of drug-likeness (QED) is 0.750. The topological polar surface area (TPSA) is 76.7 Å². The van der Waals surface area contributed by atoms with Gasteiger partial charge in [-0.2, -0.15) is 0 Å². The van der Waals surface area contributed by atoms with Crippen LogP contribution < -0.4 is 10.6 Å². The Labute approximate surface area is 118 Å². The van der Waals surface area contributed by atoms with Crippen LogP contribution in [0.15, 0.2) is 0 Å². The van der Waals surface area contributed by atoms with E-state index in [1.807, 2.05) is 0 Å². The monoisotopic (exact) mass is 282 g/mol. The minimum Gasteiger partial charge on any atom is -0.368 e. The molecule has 0 aromatic carbocycles. The molecule has 3 fully saturated rings. The lowest BCUT2D eigenvalue weighted by molar-refractivity contribution is -0.132. The Bertz CT molecular complexity index is 383. The van der Waals surface area contributed by atoms with E-state index in [0.29, 0.717) is 19.8 Å². The van der Waals surface area contributed by atoms with Crippen LogP contribution in [0.2, 0.25) is 0 Å². The SMILES string of the molecule is O=C(NCC1(NC(=O)[C@H]2CCCO2)CC1)[C@H]1CCCO1. The summed E-state index contributed by atoms with van der Waals surface area (Å²) in [7, 11) is 0. The second-order valence-corrected chi connectivity index (χ2v) is 5.99. The van der Waals surface area contributed by atoms with Crippen LogP contribution in [-0.2, 0) is 19.1 Å². The van der Waals surface area contributed by atoms with Crippen molar-refractivity contribution in [2.24, 2.45) is 0 Å². The Hall–Kier alpha value is -1.14. The molecule has 112 valence electrons. The van der Waals surface area contributed by atoms with Crippen LogP contribution in [0.3, 0.4) is 0 Å². The van der Waals surface area contributed by atoms with Crippen LogP contribution in [0.4, 0.5) is 0 Å². The van der Waals surface area contributed by atoms with E-state index in [-0.39, 0.29) is 29.6 Å². The van der Waals surface area contributed by atoms with Crippen LogP contribution in [0.1, 0.15) is 38.5 Å². The van der Waals surface area contributed by atoms with Gasteiger partial charge >= 0.3 is 0 Å². The maximum Gasteiger partial charge on any atom is 0.249 e. The molecule has 0 unspecified atom stereocenters. The van der Waals surface area contributed by atoms with Crippen LogP contribution in [-0.4, -0.2) is 49.3 Å². The lowest BCUT2D eigenvalue weighted by Gasteiger charge is -2.21. The third-order valence-corrected chi connectivity index (χ3v) is 4.29. The molecule has 3 rings (SSSR count). The van der Waals surface area contributed by atoms with E-state index in [2.05, 4.69) is 10.6 Å². The van der Waals surface area contributed by atoms with Crippen LogP contribution in [0, 0.1) is 0 Å². The second-order valence-electron chi connectivity index (χ2n) is 5.99. The fourth-order valence-electron chi connectivity index (χ4n) is 2.78. The average molecular weight is 282 g/mol. The maximum atomic E-state index is 12.0. The van der Waals surface area contributed by atoms with Gasteiger partial charge in [0.05, 0.1) is 5.54 Å². The van der Waals surface area contributed by atoms with E-state index < -0.39 is 0 Å². The first kappa shape index (κ1) is 13.8. The first-order chi connectivity index (χ1) is 9.69. The zero-order valence-electron chi connectivity index (χ0n) is 11.7. The molecule has 6 nitrogen and oxygen atoms in total. The van der Waals surface area contributed by atoms with Crippen molar-refractivity contribution in [2.75, 3.05) is 19.8 Å². The third kappa shape index (κ3) is 3.12. The van der Waals surface area contributed by atoms with Crippen LogP contribution in [0.5, 0.6) is 0 Å². The molecule has 2 atom stereocenters. The Morgan fingerprint density at radius 1 is 1.00 bits per heavy atom. The molecule has 2 heterocycles. The summed E-state index contributed by atoms with van der Waals surface area (Å²) >= 11 is 0. The molecule has 0 bridgehead atoms. The van der Waals surface area contributed by atoms with E-state index in [0.717, 1.165) is 38.5 Å². The molecule has 0 radical (unpaired) electrons. The zero-order chi connectivity index (χ0) is 14.0. The summed E-state index contributed by atoms with van der Waals surface area (Å²) in [6, 6.07) is 0. The lowest BCUT2D eigenvalue weighted by atomic mass is 10.2. The van der Waals surface area contributed by atoms with Crippen LogP contribution in [0.25, 0.3) is 0 Å². The first-order valence-electron chi connectivity index (χ1n) is 7.52. The molecule has 0 spiro atoms. The third-order valence-electron chi connectivity index (χ3n) is 4.29. The van der Waals surface area contributed by atoms with Crippen molar-refractivity contribution in [3.63, 3.8) is 0 Å². The summed E-state index contributed by atoms with van der Waals surface area (Å²) < 4.78 is 10.7. The summed E-state index contributed by atoms with van der Waals surface area (Å²) in [6.45, 7) is 1.82. The van der Waals surface area contributed by atoms with E-state index in [9.17, 15) is 9.59 Å². The van der Waals surface area contributed by atoms with Crippen molar-refractivity contribution < 1.29 is 19.1 Å². The molecule has 20 heavy (non-hydrogen) atoms. The number of nitrogens with one attached hydrogen (secondary N) is 2. The van der Waals surface area contributed by atoms with Gasteiger partial charge in [0, 0.05) is 19.8 Å². The predicted molar refractivity (Wildman–Crippen MR) is 71.1 cm³/mol. The number of hydrogen-bond acceptors (Lipinski definition) is 4. The van der Waals surface area contributed by atoms with Gasteiger partial charge in [0.15, 0.2) is 0 Å². The second kappa shape index (κ2) is 5.69. The number of rotatable bonds is 5. The van der Waals surface area contributed by atoms with Gasteiger partial charge in [0.25, 0.3) is 0 Å². The van der Waals surface area contributed by atoms with Gasteiger partial charge in [-0.05, 0) is 38.5 Å². The highest BCUT2D eigenvalue weighted by Crippen LogP contribution is 2.35. The van der Waals surface area contributed by atoms with E-state index in [1.165, 1.54) is 0 Å². The minimum absolute atomic E-state index is 0.0358. The molecule has 6 heteroatoms. The molecular formula is C14H22N2O4. The van der Waals surface area contributed by atoms with Gasteiger partial charge in [0.1, 0.15) is 12.2 Å².